The highest BCUT2D eigenvalue weighted by Crippen LogP contribution is 2.20. The van der Waals surface area contributed by atoms with Crippen molar-refractivity contribution in [2.24, 2.45) is 0 Å². The fraction of sp³-hybridized carbons (Fsp3) is 0.150. The summed E-state index contributed by atoms with van der Waals surface area (Å²) in [6.45, 7) is 3.88. The molecule has 0 unspecified atom stereocenters. The summed E-state index contributed by atoms with van der Waals surface area (Å²) in [7, 11) is 0. The van der Waals surface area contributed by atoms with Crippen LogP contribution in [-0.2, 0) is 0 Å². The van der Waals surface area contributed by atoms with E-state index in [-0.39, 0.29) is 23.4 Å². The lowest BCUT2D eigenvalue weighted by molar-refractivity contribution is 0.102. The molecule has 0 fully saturated rings. The average Bonchev–Trinajstić information content (AvgIpc) is 2.65. The van der Waals surface area contributed by atoms with Crippen LogP contribution in [0.15, 0.2) is 54.7 Å². The highest BCUT2D eigenvalue weighted by atomic mass is 19.1. The number of carbonyl (C=O) groups excluding carboxylic acids is 1. The molecule has 0 spiro atoms. The molecule has 1 amide bonds. The Balaban J connectivity index is 1.70. The third-order valence-electron chi connectivity index (χ3n) is 3.55. The minimum absolute atomic E-state index is 0.0287. The van der Waals surface area contributed by atoms with E-state index in [1.54, 1.807) is 24.3 Å². The van der Waals surface area contributed by atoms with Gasteiger partial charge in [-0.3, -0.25) is 4.79 Å². The highest BCUT2D eigenvalue weighted by molar-refractivity contribution is 6.03. The second-order valence-corrected chi connectivity index (χ2v) is 6.16. The molecule has 0 bridgehead atoms. The molecule has 1 heterocycles. The second kappa shape index (κ2) is 8.43. The van der Waals surface area contributed by atoms with Gasteiger partial charge < -0.3 is 15.4 Å². The van der Waals surface area contributed by atoms with Gasteiger partial charge in [0.15, 0.2) is 0 Å². The van der Waals surface area contributed by atoms with Crippen molar-refractivity contribution in [3.63, 3.8) is 0 Å². The first kappa shape index (κ1) is 19.2. The number of nitrogens with zero attached hydrogens (tertiary/aromatic N) is 2. The monoisotopic (exact) mass is 384 g/mol. The molecule has 0 aliphatic carbocycles. The summed E-state index contributed by atoms with van der Waals surface area (Å²) in [6, 6.07) is 11.5. The van der Waals surface area contributed by atoms with Crippen LogP contribution in [0.4, 0.5) is 26.1 Å². The molecule has 8 heteroatoms. The molecule has 2 N–H and O–H groups in total. The largest absolute Gasteiger partial charge is 0.491 e. The summed E-state index contributed by atoms with van der Waals surface area (Å²) in [5, 5.41) is 5.34. The van der Waals surface area contributed by atoms with Crippen molar-refractivity contribution in [2.75, 3.05) is 10.6 Å². The Labute approximate surface area is 160 Å². The van der Waals surface area contributed by atoms with Crippen LogP contribution in [0.25, 0.3) is 0 Å². The zero-order valence-electron chi connectivity index (χ0n) is 15.2. The molecule has 3 aromatic rings. The van der Waals surface area contributed by atoms with Gasteiger partial charge in [-0.1, -0.05) is 0 Å². The second-order valence-electron chi connectivity index (χ2n) is 6.16. The Morgan fingerprint density at radius 2 is 1.82 bits per heavy atom. The lowest BCUT2D eigenvalue weighted by Crippen LogP contribution is -2.15. The number of carbonyl (C=O) groups is 1. The maximum Gasteiger partial charge on any atom is 0.274 e. The van der Waals surface area contributed by atoms with E-state index < -0.39 is 17.5 Å². The van der Waals surface area contributed by atoms with Gasteiger partial charge in [-0.15, -0.1) is 0 Å². The lowest BCUT2D eigenvalue weighted by atomic mass is 10.2. The number of rotatable bonds is 6. The minimum Gasteiger partial charge on any atom is -0.491 e. The van der Waals surface area contributed by atoms with Crippen molar-refractivity contribution in [3.8, 4) is 5.75 Å². The number of aromatic nitrogens is 2. The Bertz CT molecular complexity index is 978. The summed E-state index contributed by atoms with van der Waals surface area (Å²) in [5.41, 5.74) is 0.597. The molecule has 0 aliphatic rings. The molecule has 0 aliphatic heterocycles. The fourth-order valence-corrected chi connectivity index (χ4v) is 2.34. The van der Waals surface area contributed by atoms with E-state index in [9.17, 15) is 13.6 Å². The van der Waals surface area contributed by atoms with Crippen LogP contribution in [0.1, 0.15) is 24.3 Å². The lowest BCUT2D eigenvalue weighted by Gasteiger charge is -2.11. The smallest absolute Gasteiger partial charge is 0.274 e. The van der Waals surface area contributed by atoms with Crippen LogP contribution in [0, 0.1) is 11.6 Å². The van der Waals surface area contributed by atoms with Crippen LogP contribution in [-0.4, -0.2) is 22.0 Å². The van der Waals surface area contributed by atoms with E-state index in [4.69, 9.17) is 4.74 Å². The maximum absolute atomic E-state index is 13.7. The Morgan fingerprint density at radius 3 is 2.50 bits per heavy atom. The molecule has 0 radical (unpaired) electrons. The highest BCUT2D eigenvalue weighted by Gasteiger charge is 2.12. The van der Waals surface area contributed by atoms with Crippen molar-refractivity contribution in [1.82, 2.24) is 9.97 Å². The van der Waals surface area contributed by atoms with Gasteiger partial charge in [-0.25, -0.2) is 18.7 Å². The van der Waals surface area contributed by atoms with Crippen molar-refractivity contribution < 1.29 is 18.3 Å². The van der Waals surface area contributed by atoms with Crippen molar-refractivity contribution in [2.45, 2.75) is 20.0 Å². The number of anilines is 3. The number of hydrogen-bond acceptors (Lipinski definition) is 5. The first-order valence-corrected chi connectivity index (χ1v) is 8.54. The van der Waals surface area contributed by atoms with Gasteiger partial charge in [-0.05, 0) is 56.3 Å². The van der Waals surface area contributed by atoms with Gasteiger partial charge in [0.25, 0.3) is 5.91 Å². The molecule has 2 aromatic carbocycles. The summed E-state index contributed by atoms with van der Waals surface area (Å²) < 4.78 is 32.2. The molecule has 0 atom stereocenters. The number of ether oxygens (including phenoxy) is 1. The van der Waals surface area contributed by atoms with Gasteiger partial charge in [0, 0.05) is 18.0 Å². The van der Waals surface area contributed by atoms with Crippen LogP contribution >= 0.6 is 0 Å². The number of halogens is 2. The van der Waals surface area contributed by atoms with Crippen molar-refractivity contribution >= 4 is 23.2 Å². The molecule has 0 saturated carbocycles. The molecular formula is C20H18F2N4O2. The third-order valence-corrected chi connectivity index (χ3v) is 3.55. The molecular weight excluding hydrogens is 366 g/mol. The molecule has 0 saturated heterocycles. The average molecular weight is 384 g/mol. The van der Waals surface area contributed by atoms with Crippen LogP contribution in [0.2, 0.25) is 0 Å². The van der Waals surface area contributed by atoms with Crippen LogP contribution in [0.3, 0.4) is 0 Å². The Kier molecular flexibility index (Phi) is 5.78. The SMILES string of the molecule is CC(C)Oc1ccc(Nc2nccc(C(=O)Nc3ccc(F)cc3F)n2)cc1. The Hall–Kier alpha value is -3.55. The van der Waals surface area contributed by atoms with Gasteiger partial charge in [0.1, 0.15) is 23.1 Å². The van der Waals surface area contributed by atoms with E-state index >= 15 is 0 Å². The van der Waals surface area contributed by atoms with E-state index in [1.165, 1.54) is 12.3 Å². The number of amides is 1. The van der Waals surface area contributed by atoms with Crippen LogP contribution in [0.5, 0.6) is 5.75 Å². The van der Waals surface area contributed by atoms with Crippen molar-refractivity contribution in [3.05, 3.63) is 72.1 Å². The molecule has 6 nitrogen and oxygen atoms in total. The first-order valence-electron chi connectivity index (χ1n) is 8.54. The third kappa shape index (κ3) is 5.00. The van der Waals surface area contributed by atoms with E-state index in [2.05, 4.69) is 20.6 Å². The number of benzene rings is 2. The zero-order valence-corrected chi connectivity index (χ0v) is 15.2. The van der Waals surface area contributed by atoms with E-state index in [1.807, 2.05) is 13.8 Å². The summed E-state index contributed by atoms with van der Waals surface area (Å²) in [4.78, 5) is 20.5. The molecule has 3 rings (SSSR count). The Morgan fingerprint density at radius 1 is 1.07 bits per heavy atom. The zero-order chi connectivity index (χ0) is 20.1. The standard InChI is InChI=1S/C20H18F2N4O2/c1-12(2)28-15-6-4-14(5-7-15)24-20-23-10-9-18(26-20)19(27)25-17-8-3-13(21)11-16(17)22/h3-12H,1-2H3,(H,25,27)(H,23,24,26). The van der Waals surface area contributed by atoms with E-state index in [0.29, 0.717) is 11.8 Å². The summed E-state index contributed by atoms with van der Waals surface area (Å²) in [5.74, 6) is -1.31. The van der Waals surface area contributed by atoms with Gasteiger partial charge in [0.05, 0.1) is 11.8 Å². The first-order chi connectivity index (χ1) is 13.4. The van der Waals surface area contributed by atoms with E-state index in [0.717, 1.165) is 17.9 Å². The quantitative estimate of drug-likeness (QED) is 0.653. The number of hydrogen-bond donors (Lipinski definition) is 2. The summed E-state index contributed by atoms with van der Waals surface area (Å²) in [6.07, 6.45) is 1.48. The van der Waals surface area contributed by atoms with Gasteiger partial charge in [0.2, 0.25) is 5.95 Å². The molecule has 28 heavy (non-hydrogen) atoms. The predicted molar refractivity (Wildman–Crippen MR) is 102 cm³/mol. The topological polar surface area (TPSA) is 76.1 Å². The minimum atomic E-state index is -0.871. The molecule has 144 valence electrons. The number of nitrogens with one attached hydrogen (secondary N) is 2. The van der Waals surface area contributed by atoms with Gasteiger partial charge >= 0.3 is 0 Å². The van der Waals surface area contributed by atoms with Gasteiger partial charge in [-0.2, -0.15) is 0 Å². The fourth-order valence-electron chi connectivity index (χ4n) is 2.34. The normalized spacial score (nSPS) is 10.6. The van der Waals surface area contributed by atoms with Crippen LogP contribution < -0.4 is 15.4 Å². The molecule has 1 aromatic heterocycles. The predicted octanol–water partition coefficient (Wildman–Crippen LogP) is 4.54. The maximum atomic E-state index is 13.7. The summed E-state index contributed by atoms with van der Waals surface area (Å²) >= 11 is 0. The van der Waals surface area contributed by atoms with Crippen molar-refractivity contribution in [1.29, 1.82) is 0 Å².